The number of aldehydes is 1. The Balaban J connectivity index is 2.40. The zero-order chi connectivity index (χ0) is 10.7. The molecule has 1 heterocycles. The molecular weight excluding hydrogens is 190 g/mol. The maximum atomic E-state index is 10.1. The summed E-state index contributed by atoms with van der Waals surface area (Å²) in [5.74, 6) is 6.10. The third-order valence-electron chi connectivity index (χ3n) is 2.01. The van der Waals surface area contributed by atoms with Crippen molar-refractivity contribution in [1.29, 1.82) is 0 Å². The maximum absolute atomic E-state index is 10.1. The highest BCUT2D eigenvalue weighted by atomic mass is 16.1. The Bertz CT molecular complexity index is 560. The zero-order valence-corrected chi connectivity index (χ0v) is 7.95. The first-order chi connectivity index (χ1) is 7.31. The van der Waals surface area contributed by atoms with Gasteiger partial charge < -0.3 is 10.5 Å². The molecule has 1 aromatic carbocycles. The summed E-state index contributed by atoms with van der Waals surface area (Å²) < 4.78 is 0. The number of nitrogens with two attached hydrogens (primary N) is 1. The third kappa shape index (κ3) is 1.81. The number of rotatable bonds is 1. The highest BCUT2D eigenvalue weighted by Crippen LogP contribution is 2.18. The predicted molar refractivity (Wildman–Crippen MR) is 58.1 cm³/mol. The molecule has 4 nitrogen and oxygen atoms in total. The Labute approximate surface area is 86.5 Å². The van der Waals surface area contributed by atoms with Crippen molar-refractivity contribution in [2.45, 2.75) is 6.42 Å². The minimum absolute atomic E-state index is 0.253. The van der Waals surface area contributed by atoms with E-state index in [0.717, 1.165) is 22.8 Å². The van der Waals surface area contributed by atoms with Crippen molar-refractivity contribution in [2.24, 2.45) is 0 Å². The number of nitrogen functional groups attached to an aromatic ring is 1. The van der Waals surface area contributed by atoms with E-state index in [1.165, 1.54) is 0 Å². The smallest absolute Gasteiger partial charge is 0.153 e. The van der Waals surface area contributed by atoms with Crippen molar-refractivity contribution in [3.8, 4) is 11.8 Å². The molecule has 0 saturated carbocycles. The molecule has 0 aliphatic heterocycles. The largest absolute Gasteiger partial charge is 0.382 e. The predicted octanol–water partition coefficient (Wildman–Crippen LogP) is 1.09. The number of hydrogen-bond donors (Lipinski definition) is 2. The Kier molecular flexibility index (Phi) is 2.38. The fourth-order valence-corrected chi connectivity index (χ4v) is 1.31. The number of benzene rings is 1. The van der Waals surface area contributed by atoms with Crippen molar-refractivity contribution in [3.63, 3.8) is 0 Å². The molecule has 0 atom stereocenters. The molecular formula is C11H9N3O. The van der Waals surface area contributed by atoms with E-state index in [1.54, 1.807) is 0 Å². The van der Waals surface area contributed by atoms with E-state index < -0.39 is 0 Å². The number of carbonyl (C=O) groups excluding carboxylic acids is 1. The zero-order valence-electron chi connectivity index (χ0n) is 7.95. The SMILES string of the molecule is Nc1n[nH]c2cc(C#CCC=O)ccc12. The van der Waals surface area contributed by atoms with Crippen LogP contribution in [0.15, 0.2) is 18.2 Å². The standard InChI is InChI=1S/C11H9N3O/c12-11-9-5-4-8(3-1-2-6-15)7-10(9)13-14-11/h4-7H,2H2,(H3,12,13,14). The summed E-state index contributed by atoms with van der Waals surface area (Å²) in [6, 6.07) is 5.57. The van der Waals surface area contributed by atoms with Crippen LogP contribution in [0.3, 0.4) is 0 Å². The molecule has 2 aromatic rings. The number of carbonyl (C=O) groups is 1. The second-order valence-corrected chi connectivity index (χ2v) is 3.04. The fraction of sp³-hybridized carbons (Fsp3) is 0.0909. The third-order valence-corrected chi connectivity index (χ3v) is 2.01. The number of hydrogen-bond acceptors (Lipinski definition) is 3. The van der Waals surface area contributed by atoms with Crippen LogP contribution in [0.5, 0.6) is 0 Å². The molecule has 0 bridgehead atoms. The molecule has 0 amide bonds. The lowest BCUT2D eigenvalue weighted by atomic mass is 10.1. The molecule has 0 saturated heterocycles. The molecule has 0 unspecified atom stereocenters. The molecule has 1 aromatic heterocycles. The Hall–Kier alpha value is -2.28. The molecule has 0 fully saturated rings. The number of nitrogens with one attached hydrogen (secondary N) is 1. The number of H-pyrrole nitrogens is 1. The lowest BCUT2D eigenvalue weighted by Crippen LogP contribution is -1.83. The van der Waals surface area contributed by atoms with Crippen molar-refractivity contribution < 1.29 is 4.79 Å². The number of aromatic amines is 1. The van der Waals surface area contributed by atoms with Crippen LogP contribution in [-0.4, -0.2) is 16.5 Å². The lowest BCUT2D eigenvalue weighted by molar-refractivity contribution is -0.107. The molecule has 0 aliphatic rings. The lowest BCUT2D eigenvalue weighted by Gasteiger charge is -1.91. The van der Waals surface area contributed by atoms with Crippen LogP contribution in [0.1, 0.15) is 12.0 Å². The molecule has 2 rings (SSSR count). The molecule has 3 N–H and O–H groups in total. The molecule has 4 heteroatoms. The monoisotopic (exact) mass is 199 g/mol. The van der Waals surface area contributed by atoms with Crippen molar-refractivity contribution in [1.82, 2.24) is 10.2 Å². The topological polar surface area (TPSA) is 71.8 Å². The molecule has 15 heavy (non-hydrogen) atoms. The number of aromatic nitrogens is 2. The van der Waals surface area contributed by atoms with Crippen LogP contribution in [-0.2, 0) is 4.79 Å². The van der Waals surface area contributed by atoms with E-state index >= 15 is 0 Å². The van der Waals surface area contributed by atoms with E-state index in [9.17, 15) is 4.79 Å². The van der Waals surface area contributed by atoms with Crippen molar-refractivity contribution in [3.05, 3.63) is 23.8 Å². The maximum Gasteiger partial charge on any atom is 0.153 e. The first-order valence-corrected chi connectivity index (χ1v) is 4.47. The summed E-state index contributed by atoms with van der Waals surface area (Å²) in [6.07, 6.45) is 1.03. The van der Waals surface area contributed by atoms with Gasteiger partial charge in [0.05, 0.1) is 11.9 Å². The van der Waals surface area contributed by atoms with E-state index in [2.05, 4.69) is 22.0 Å². The first-order valence-electron chi connectivity index (χ1n) is 4.47. The minimum atomic E-state index is 0.253. The van der Waals surface area contributed by atoms with Crippen LogP contribution in [0.25, 0.3) is 10.9 Å². The van der Waals surface area contributed by atoms with E-state index in [4.69, 9.17) is 5.73 Å². The van der Waals surface area contributed by atoms with Gasteiger partial charge in [0.15, 0.2) is 5.82 Å². The van der Waals surface area contributed by atoms with Crippen LogP contribution in [0, 0.1) is 11.8 Å². The van der Waals surface area contributed by atoms with Gasteiger partial charge in [-0.15, -0.1) is 0 Å². The highest BCUT2D eigenvalue weighted by molar-refractivity contribution is 5.89. The average Bonchev–Trinajstić information content (AvgIpc) is 2.61. The van der Waals surface area contributed by atoms with Gasteiger partial charge in [0, 0.05) is 10.9 Å². The van der Waals surface area contributed by atoms with Gasteiger partial charge in [-0.05, 0) is 18.2 Å². The molecule has 0 aliphatic carbocycles. The molecule has 0 radical (unpaired) electrons. The number of fused-ring (bicyclic) bond motifs is 1. The summed E-state index contributed by atoms with van der Waals surface area (Å²) in [6.45, 7) is 0. The average molecular weight is 199 g/mol. The Morgan fingerprint density at radius 2 is 2.40 bits per heavy atom. The number of anilines is 1. The fourth-order valence-electron chi connectivity index (χ4n) is 1.31. The van der Waals surface area contributed by atoms with E-state index in [-0.39, 0.29) is 6.42 Å². The summed E-state index contributed by atoms with van der Waals surface area (Å²) in [5.41, 5.74) is 7.32. The van der Waals surface area contributed by atoms with Crippen molar-refractivity contribution in [2.75, 3.05) is 5.73 Å². The van der Waals surface area contributed by atoms with Gasteiger partial charge in [0.2, 0.25) is 0 Å². The Morgan fingerprint density at radius 1 is 1.53 bits per heavy atom. The summed E-state index contributed by atoms with van der Waals surface area (Å²) in [7, 11) is 0. The first kappa shape index (κ1) is 9.28. The van der Waals surface area contributed by atoms with Crippen LogP contribution >= 0.6 is 0 Å². The van der Waals surface area contributed by atoms with Gasteiger partial charge in [0.1, 0.15) is 6.29 Å². The van der Waals surface area contributed by atoms with Crippen LogP contribution in [0.2, 0.25) is 0 Å². The quantitative estimate of drug-likeness (QED) is 0.533. The normalized spacial score (nSPS) is 9.60. The summed E-state index contributed by atoms with van der Waals surface area (Å²) in [4.78, 5) is 10.1. The summed E-state index contributed by atoms with van der Waals surface area (Å²) >= 11 is 0. The van der Waals surface area contributed by atoms with Gasteiger partial charge >= 0.3 is 0 Å². The number of nitrogens with zero attached hydrogens (tertiary/aromatic N) is 1. The van der Waals surface area contributed by atoms with Crippen molar-refractivity contribution >= 4 is 23.0 Å². The van der Waals surface area contributed by atoms with Crippen LogP contribution in [0.4, 0.5) is 5.82 Å². The molecule has 0 spiro atoms. The van der Waals surface area contributed by atoms with Gasteiger partial charge in [-0.1, -0.05) is 11.8 Å². The Morgan fingerprint density at radius 3 is 3.20 bits per heavy atom. The highest BCUT2D eigenvalue weighted by Gasteiger charge is 2.00. The van der Waals surface area contributed by atoms with Gasteiger partial charge in [-0.3, -0.25) is 5.10 Å². The second-order valence-electron chi connectivity index (χ2n) is 3.04. The van der Waals surface area contributed by atoms with Gasteiger partial charge in [0.25, 0.3) is 0 Å². The van der Waals surface area contributed by atoms with E-state index in [1.807, 2.05) is 18.2 Å². The van der Waals surface area contributed by atoms with Crippen LogP contribution < -0.4 is 5.73 Å². The van der Waals surface area contributed by atoms with Gasteiger partial charge in [-0.2, -0.15) is 5.10 Å². The van der Waals surface area contributed by atoms with Gasteiger partial charge in [-0.25, -0.2) is 0 Å². The molecule has 74 valence electrons. The second kappa shape index (κ2) is 3.84. The minimum Gasteiger partial charge on any atom is -0.382 e. The summed E-state index contributed by atoms with van der Waals surface area (Å²) in [5, 5.41) is 7.57. The van der Waals surface area contributed by atoms with E-state index in [0.29, 0.717) is 5.82 Å².